The average molecular weight is 236 g/mol. The molecule has 0 aromatic heterocycles. The van der Waals surface area contributed by atoms with Gasteiger partial charge < -0.3 is 14.2 Å². The zero-order chi connectivity index (χ0) is 7.66. The molecule has 11 heavy (non-hydrogen) atoms. The van der Waals surface area contributed by atoms with Gasteiger partial charge in [0.25, 0.3) is 0 Å². The molecule has 0 aromatic carbocycles. The van der Waals surface area contributed by atoms with Crippen LogP contribution >= 0.6 is 0 Å². The van der Waals surface area contributed by atoms with Crippen LogP contribution in [-0.4, -0.2) is 33.5 Å². The molecule has 0 saturated carbocycles. The van der Waals surface area contributed by atoms with Crippen LogP contribution in [0.15, 0.2) is 0 Å². The summed E-state index contributed by atoms with van der Waals surface area (Å²) in [6.07, 6.45) is 0. The fourth-order valence-corrected chi connectivity index (χ4v) is 0.440. The van der Waals surface area contributed by atoms with Gasteiger partial charge in [0.05, 0.1) is 26.4 Å². The molecule has 1 fully saturated rings. The number of methoxy groups -OCH3 is 1. The minimum absolute atomic E-state index is 0. The monoisotopic (exact) mass is 236 g/mol. The van der Waals surface area contributed by atoms with E-state index in [4.69, 9.17) is 9.47 Å². The molecule has 0 spiro atoms. The molecule has 0 aromatic rings. The molecule has 0 N–H and O–H groups in total. The van der Waals surface area contributed by atoms with Gasteiger partial charge in [-0.05, 0) is 7.11 Å². The topological polar surface area (TPSA) is 27.7 Å². The molecule has 1 aliphatic rings. The molecule has 1 rings (SSSR count). The Morgan fingerprint density at radius 2 is 1.36 bits per heavy atom. The van der Waals surface area contributed by atoms with E-state index in [1.165, 1.54) is 0 Å². The third kappa shape index (κ3) is 13.9. The third-order valence-corrected chi connectivity index (χ3v) is 0.980. The van der Waals surface area contributed by atoms with Gasteiger partial charge >= 0.3 is 0 Å². The Kier molecular flexibility index (Phi) is 17.9. The Hall–Kier alpha value is 0.984. The van der Waals surface area contributed by atoms with E-state index in [1.54, 1.807) is 13.7 Å². The van der Waals surface area contributed by atoms with Crippen LogP contribution in [0.3, 0.4) is 0 Å². The number of rotatable bonds is 1. The van der Waals surface area contributed by atoms with Gasteiger partial charge in [-0.25, -0.2) is 6.61 Å². The number of hydrogen-bond acceptors (Lipinski definition) is 3. The summed E-state index contributed by atoms with van der Waals surface area (Å²) < 4.78 is 14.3. The van der Waals surface area contributed by atoms with Crippen molar-refractivity contribution in [1.29, 1.82) is 0 Å². The minimum atomic E-state index is 0. The molecule has 0 unspecified atom stereocenters. The van der Waals surface area contributed by atoms with Gasteiger partial charge in [-0.1, -0.05) is 0 Å². The molecule has 0 atom stereocenters. The summed E-state index contributed by atoms with van der Waals surface area (Å²) in [6, 6.07) is 0. The van der Waals surface area contributed by atoms with Crippen LogP contribution in [0.2, 0.25) is 0 Å². The maximum absolute atomic E-state index is 4.94. The Bertz CT molecular complexity index is 44.1. The van der Waals surface area contributed by atoms with Gasteiger partial charge in [-0.3, -0.25) is 0 Å². The van der Waals surface area contributed by atoms with Crippen molar-refractivity contribution in [2.45, 2.75) is 6.92 Å². The van der Waals surface area contributed by atoms with E-state index in [0.29, 0.717) is 0 Å². The first-order chi connectivity index (χ1) is 4.91. The zero-order valence-electron chi connectivity index (χ0n) is 7.21. The predicted molar refractivity (Wildman–Crippen MR) is 38.6 cm³/mol. The van der Waals surface area contributed by atoms with Crippen LogP contribution in [0.4, 0.5) is 0 Å². The van der Waals surface area contributed by atoms with Gasteiger partial charge in [0.2, 0.25) is 0 Å². The van der Waals surface area contributed by atoms with Crippen molar-refractivity contribution in [3.8, 4) is 0 Å². The molecule has 3 nitrogen and oxygen atoms in total. The van der Waals surface area contributed by atoms with E-state index >= 15 is 0 Å². The molecule has 1 saturated heterocycles. The quantitative estimate of drug-likeness (QED) is 0.631. The predicted octanol–water partition coefficient (Wildman–Crippen LogP) is 0.845. The molecular weight excluding hydrogens is 221 g/mol. The summed E-state index contributed by atoms with van der Waals surface area (Å²) >= 11 is 0. The first kappa shape index (κ1) is 14.5. The number of hydrogen-bond donors (Lipinski definition) is 0. The molecule has 0 aliphatic carbocycles. The van der Waals surface area contributed by atoms with Crippen molar-refractivity contribution in [2.24, 2.45) is 0 Å². The third-order valence-electron chi connectivity index (χ3n) is 0.980. The molecular formula is C7H15O3Y-. The smallest absolute Gasteiger partial charge is 0.0701 e. The maximum atomic E-state index is 4.94. The van der Waals surface area contributed by atoms with Gasteiger partial charge in [-0.15, -0.1) is 0 Å². The second-order valence-electron chi connectivity index (χ2n) is 1.70. The molecule has 65 valence electrons. The fourth-order valence-electron chi connectivity index (χ4n) is 0.440. The van der Waals surface area contributed by atoms with Crippen LogP contribution in [0.1, 0.15) is 6.92 Å². The van der Waals surface area contributed by atoms with Crippen molar-refractivity contribution >= 4 is 0 Å². The van der Waals surface area contributed by atoms with Gasteiger partial charge in [0.15, 0.2) is 0 Å². The fraction of sp³-hybridized carbons (Fsp3) is 0.857. The van der Waals surface area contributed by atoms with Crippen LogP contribution in [0, 0.1) is 6.61 Å². The summed E-state index contributed by atoms with van der Waals surface area (Å²) in [5.41, 5.74) is 0. The molecule has 0 bridgehead atoms. The zero-order valence-corrected chi connectivity index (χ0v) is 10.0. The minimum Gasteiger partial charge on any atom is -0.555 e. The standard InChI is InChI=1S/C4H8O2.C3H7O.Y/c1-2-6-4-3-5-1;1-3-4-2;/h1-4H2;3H,1-2H3;/q;-1;. The Balaban J connectivity index is 0. The Morgan fingerprint density at radius 3 is 1.45 bits per heavy atom. The van der Waals surface area contributed by atoms with Crippen LogP contribution < -0.4 is 0 Å². The molecule has 1 radical (unpaired) electrons. The van der Waals surface area contributed by atoms with E-state index < -0.39 is 0 Å². The van der Waals surface area contributed by atoms with Crippen molar-refractivity contribution < 1.29 is 46.9 Å². The summed E-state index contributed by atoms with van der Waals surface area (Å²) in [5.74, 6) is 0. The molecule has 4 heteroatoms. The van der Waals surface area contributed by atoms with Gasteiger partial charge in [-0.2, -0.15) is 6.92 Å². The van der Waals surface area contributed by atoms with E-state index in [9.17, 15) is 0 Å². The first-order valence-electron chi connectivity index (χ1n) is 3.38. The summed E-state index contributed by atoms with van der Waals surface area (Å²) in [5, 5.41) is 0. The van der Waals surface area contributed by atoms with E-state index in [1.807, 2.05) is 6.92 Å². The van der Waals surface area contributed by atoms with Crippen molar-refractivity contribution in [3.05, 3.63) is 6.61 Å². The normalized spacial score (nSPS) is 15.8. The second-order valence-corrected chi connectivity index (χ2v) is 1.70. The number of ether oxygens (including phenoxy) is 3. The van der Waals surface area contributed by atoms with E-state index in [0.717, 1.165) is 26.4 Å². The van der Waals surface area contributed by atoms with Crippen molar-refractivity contribution in [2.75, 3.05) is 33.5 Å². The second kappa shape index (κ2) is 13.6. The van der Waals surface area contributed by atoms with Crippen LogP contribution in [0.25, 0.3) is 0 Å². The van der Waals surface area contributed by atoms with Crippen LogP contribution in [0.5, 0.6) is 0 Å². The van der Waals surface area contributed by atoms with Gasteiger partial charge in [0, 0.05) is 32.7 Å². The van der Waals surface area contributed by atoms with Gasteiger partial charge in [0.1, 0.15) is 0 Å². The molecule has 1 heterocycles. The maximum Gasteiger partial charge on any atom is 0.0701 e. The molecule has 0 amide bonds. The van der Waals surface area contributed by atoms with E-state index in [-0.39, 0.29) is 32.7 Å². The van der Waals surface area contributed by atoms with Crippen molar-refractivity contribution in [1.82, 2.24) is 0 Å². The largest absolute Gasteiger partial charge is 0.555 e. The SMILES string of the molecule is C1COCCO1.C[CH-]OC.[Y]. The Morgan fingerprint density at radius 1 is 1.09 bits per heavy atom. The summed E-state index contributed by atoms with van der Waals surface area (Å²) in [4.78, 5) is 0. The van der Waals surface area contributed by atoms with Crippen LogP contribution in [-0.2, 0) is 46.9 Å². The molecule has 1 aliphatic heterocycles. The first-order valence-corrected chi connectivity index (χ1v) is 3.38. The van der Waals surface area contributed by atoms with Crippen molar-refractivity contribution in [3.63, 3.8) is 0 Å². The average Bonchev–Trinajstić information content (AvgIpc) is 2.08. The Labute approximate surface area is 93.7 Å². The van der Waals surface area contributed by atoms with E-state index in [2.05, 4.69) is 4.74 Å². The summed E-state index contributed by atoms with van der Waals surface area (Å²) in [7, 11) is 1.62. The summed E-state index contributed by atoms with van der Waals surface area (Å²) in [6.45, 7) is 6.57.